The average molecular weight is 405 g/mol. The summed E-state index contributed by atoms with van der Waals surface area (Å²) in [6.07, 6.45) is 1.89. The van der Waals surface area contributed by atoms with Gasteiger partial charge in [0, 0.05) is 11.1 Å². The Balaban J connectivity index is 2.09. The molecule has 2 aromatic carbocycles. The molecule has 0 aliphatic carbocycles. The molecule has 1 aliphatic rings. The first kappa shape index (κ1) is 21.8. The minimum Gasteiger partial charge on any atom is -0.507 e. The molecule has 0 aromatic heterocycles. The molecule has 158 valence electrons. The lowest BCUT2D eigenvalue weighted by atomic mass is 9.78. The van der Waals surface area contributed by atoms with E-state index in [-0.39, 0.29) is 16.7 Å². The van der Waals surface area contributed by atoms with Crippen LogP contribution in [0.25, 0.3) is 6.08 Å². The summed E-state index contributed by atoms with van der Waals surface area (Å²) in [6.45, 7) is 16.4. The minimum absolute atomic E-state index is 0.140. The van der Waals surface area contributed by atoms with Crippen LogP contribution in [0.1, 0.15) is 70.7 Å². The number of aromatic hydroxyl groups is 1. The highest BCUT2D eigenvalue weighted by molar-refractivity contribution is 6.32. The molecule has 1 heterocycles. The van der Waals surface area contributed by atoms with Gasteiger partial charge >= 0.3 is 0 Å². The van der Waals surface area contributed by atoms with Crippen LogP contribution in [-0.4, -0.2) is 16.7 Å². The summed E-state index contributed by atoms with van der Waals surface area (Å²) in [7, 11) is 0. The zero-order chi connectivity index (χ0) is 22.4. The molecule has 1 N–H and O–H groups in total. The number of benzene rings is 2. The maximum atomic E-state index is 13.1. The Labute approximate surface area is 179 Å². The SMILES string of the molecule is CC1=NN(c2ccc(C)cc2)C(=O)C1=Cc1cc(C(C)(C)C)c(O)c(C(C)(C)C)c1. The second kappa shape index (κ2) is 7.42. The highest BCUT2D eigenvalue weighted by atomic mass is 16.3. The molecule has 3 rings (SSSR count). The molecule has 1 aliphatic heterocycles. The number of hydrazone groups is 1. The number of nitrogens with zero attached hydrogens (tertiary/aromatic N) is 2. The van der Waals surface area contributed by atoms with E-state index in [0.717, 1.165) is 27.9 Å². The van der Waals surface area contributed by atoms with Crippen LogP contribution in [-0.2, 0) is 15.6 Å². The fourth-order valence-electron chi connectivity index (χ4n) is 3.60. The Hall–Kier alpha value is -2.88. The molecule has 0 saturated carbocycles. The van der Waals surface area contributed by atoms with E-state index >= 15 is 0 Å². The van der Waals surface area contributed by atoms with E-state index in [2.05, 4.69) is 46.6 Å². The number of amides is 1. The summed E-state index contributed by atoms with van der Waals surface area (Å²) in [5.41, 5.74) is 5.33. The van der Waals surface area contributed by atoms with Gasteiger partial charge in [-0.15, -0.1) is 0 Å². The molecule has 0 fully saturated rings. The third-order valence-electron chi connectivity index (χ3n) is 5.40. The van der Waals surface area contributed by atoms with Gasteiger partial charge in [-0.25, -0.2) is 0 Å². The van der Waals surface area contributed by atoms with Crippen LogP contribution in [0.5, 0.6) is 5.75 Å². The molecule has 4 nitrogen and oxygen atoms in total. The molecular weight excluding hydrogens is 372 g/mol. The standard InChI is InChI=1S/C26H32N2O2/c1-16-9-11-19(12-10-16)28-24(30)20(17(2)27-28)13-18-14-21(25(3,4)5)23(29)22(15-18)26(6,7)8/h9-15,29H,1-8H3. The normalized spacial score (nSPS) is 16.4. The highest BCUT2D eigenvalue weighted by Gasteiger charge is 2.30. The summed E-state index contributed by atoms with van der Waals surface area (Å²) < 4.78 is 0. The van der Waals surface area contributed by atoms with E-state index in [9.17, 15) is 9.90 Å². The summed E-state index contributed by atoms with van der Waals surface area (Å²) in [4.78, 5) is 13.1. The molecule has 30 heavy (non-hydrogen) atoms. The van der Waals surface area contributed by atoms with Crippen LogP contribution in [0.4, 0.5) is 5.69 Å². The van der Waals surface area contributed by atoms with Crippen molar-refractivity contribution in [3.05, 3.63) is 64.2 Å². The Morgan fingerprint density at radius 1 is 0.900 bits per heavy atom. The average Bonchev–Trinajstić information content (AvgIpc) is 2.90. The summed E-state index contributed by atoms with van der Waals surface area (Å²) >= 11 is 0. The molecular formula is C26H32N2O2. The van der Waals surface area contributed by atoms with Crippen molar-refractivity contribution in [3.8, 4) is 5.75 Å². The van der Waals surface area contributed by atoms with Crippen molar-refractivity contribution >= 4 is 23.4 Å². The third-order valence-corrected chi connectivity index (χ3v) is 5.40. The van der Waals surface area contributed by atoms with E-state index in [1.807, 2.05) is 56.3 Å². The Bertz CT molecular complexity index is 1010. The number of hydrogen-bond acceptors (Lipinski definition) is 3. The molecule has 2 aromatic rings. The van der Waals surface area contributed by atoms with Gasteiger partial charge in [0.25, 0.3) is 5.91 Å². The number of carbonyl (C=O) groups is 1. The number of aryl methyl sites for hydroxylation is 1. The van der Waals surface area contributed by atoms with Gasteiger partial charge in [-0.3, -0.25) is 4.79 Å². The first-order valence-electron chi connectivity index (χ1n) is 10.4. The molecule has 0 spiro atoms. The number of phenols is 1. The van der Waals surface area contributed by atoms with E-state index in [4.69, 9.17) is 0 Å². The van der Waals surface area contributed by atoms with Gasteiger partial charge < -0.3 is 5.11 Å². The number of anilines is 1. The van der Waals surface area contributed by atoms with Crippen LogP contribution in [0, 0.1) is 6.92 Å². The molecule has 0 unspecified atom stereocenters. The second-order valence-corrected chi connectivity index (χ2v) is 10.2. The van der Waals surface area contributed by atoms with Crippen LogP contribution < -0.4 is 5.01 Å². The van der Waals surface area contributed by atoms with E-state index in [0.29, 0.717) is 17.0 Å². The molecule has 0 saturated heterocycles. The summed E-state index contributed by atoms with van der Waals surface area (Å²) in [6, 6.07) is 11.7. The quantitative estimate of drug-likeness (QED) is 0.615. The predicted octanol–water partition coefficient (Wildman–Crippen LogP) is 6.10. The van der Waals surface area contributed by atoms with Gasteiger partial charge in [0.15, 0.2) is 0 Å². The van der Waals surface area contributed by atoms with E-state index in [1.54, 1.807) is 0 Å². The fraction of sp³-hybridized carbons (Fsp3) is 0.385. The van der Waals surface area contributed by atoms with Crippen molar-refractivity contribution in [3.63, 3.8) is 0 Å². The molecule has 1 amide bonds. The lowest BCUT2D eigenvalue weighted by Crippen LogP contribution is -2.21. The third kappa shape index (κ3) is 4.18. The van der Waals surface area contributed by atoms with Gasteiger partial charge in [-0.1, -0.05) is 59.2 Å². The summed E-state index contributed by atoms with van der Waals surface area (Å²) in [5, 5.41) is 16.9. The van der Waals surface area contributed by atoms with Gasteiger partial charge in [0.05, 0.1) is 17.0 Å². The van der Waals surface area contributed by atoms with Crippen molar-refractivity contribution in [2.75, 3.05) is 5.01 Å². The van der Waals surface area contributed by atoms with Crippen molar-refractivity contribution in [1.29, 1.82) is 0 Å². The number of phenolic OH excluding ortho intramolecular Hbond substituents is 1. The van der Waals surface area contributed by atoms with Crippen LogP contribution in [0.2, 0.25) is 0 Å². The molecule has 0 bridgehead atoms. The second-order valence-electron chi connectivity index (χ2n) is 10.2. The predicted molar refractivity (Wildman–Crippen MR) is 125 cm³/mol. The van der Waals surface area contributed by atoms with Gasteiger partial charge in [-0.05, 0) is 60.6 Å². The van der Waals surface area contributed by atoms with Crippen molar-refractivity contribution in [1.82, 2.24) is 0 Å². The fourth-order valence-corrected chi connectivity index (χ4v) is 3.60. The largest absolute Gasteiger partial charge is 0.507 e. The van der Waals surface area contributed by atoms with Gasteiger partial charge in [0.1, 0.15) is 5.75 Å². The van der Waals surface area contributed by atoms with E-state index in [1.165, 1.54) is 5.01 Å². The highest BCUT2D eigenvalue weighted by Crippen LogP contribution is 2.40. The van der Waals surface area contributed by atoms with Crippen molar-refractivity contribution < 1.29 is 9.90 Å². The van der Waals surface area contributed by atoms with Crippen LogP contribution in [0.15, 0.2) is 47.1 Å². The Kier molecular flexibility index (Phi) is 5.40. The number of hydrogen-bond donors (Lipinski definition) is 1. The number of rotatable bonds is 2. The van der Waals surface area contributed by atoms with Crippen molar-refractivity contribution in [2.45, 2.75) is 66.2 Å². The Morgan fingerprint density at radius 2 is 1.40 bits per heavy atom. The van der Waals surface area contributed by atoms with Gasteiger partial charge in [0.2, 0.25) is 0 Å². The zero-order valence-corrected chi connectivity index (χ0v) is 19.3. The molecule has 4 heteroatoms. The lowest BCUT2D eigenvalue weighted by molar-refractivity contribution is -0.114. The Morgan fingerprint density at radius 3 is 1.87 bits per heavy atom. The maximum absolute atomic E-state index is 13.1. The molecule has 0 radical (unpaired) electrons. The van der Waals surface area contributed by atoms with Gasteiger partial charge in [-0.2, -0.15) is 10.1 Å². The van der Waals surface area contributed by atoms with Crippen molar-refractivity contribution in [2.24, 2.45) is 5.10 Å². The van der Waals surface area contributed by atoms with Crippen LogP contribution in [0.3, 0.4) is 0 Å². The number of carbonyl (C=O) groups excluding carboxylic acids is 1. The minimum atomic E-state index is -0.227. The summed E-state index contributed by atoms with van der Waals surface area (Å²) in [5.74, 6) is 0.195. The van der Waals surface area contributed by atoms with E-state index < -0.39 is 0 Å². The van der Waals surface area contributed by atoms with Crippen LogP contribution >= 0.6 is 0 Å². The first-order chi connectivity index (χ1) is 13.8. The monoisotopic (exact) mass is 404 g/mol. The molecule has 0 atom stereocenters. The topological polar surface area (TPSA) is 52.9 Å². The maximum Gasteiger partial charge on any atom is 0.280 e. The zero-order valence-electron chi connectivity index (χ0n) is 19.3. The first-order valence-corrected chi connectivity index (χ1v) is 10.4. The lowest BCUT2D eigenvalue weighted by Gasteiger charge is -2.28. The smallest absolute Gasteiger partial charge is 0.280 e.